The van der Waals surface area contributed by atoms with E-state index in [-0.39, 0.29) is 0 Å². The number of aromatic nitrogens is 1. The molecule has 0 saturated heterocycles. The molecule has 8 rings (SSSR count). The predicted molar refractivity (Wildman–Crippen MR) is 151 cm³/mol. The summed E-state index contributed by atoms with van der Waals surface area (Å²) in [5.41, 5.74) is 6.63. The van der Waals surface area contributed by atoms with Crippen molar-refractivity contribution >= 4 is 78.6 Å². The Labute approximate surface area is 202 Å². The van der Waals surface area contributed by atoms with Crippen LogP contribution in [-0.4, -0.2) is 12.4 Å². The van der Waals surface area contributed by atoms with Gasteiger partial charge >= 0.3 is 0 Å². The SMILES string of the molecule is Bc1cccc2oc3cc(-n4c5ccc6ccccc6c5c5c6ccccc6ccc54)ccc3c12. The maximum Gasteiger partial charge on any atom is 0.140 e. The number of hydrogen-bond acceptors (Lipinski definition) is 1. The number of rotatable bonds is 1. The highest BCUT2D eigenvalue weighted by Crippen LogP contribution is 2.41. The maximum absolute atomic E-state index is 6.32. The van der Waals surface area contributed by atoms with Crippen LogP contribution in [0.5, 0.6) is 0 Å². The molecule has 6 aromatic carbocycles. The molecule has 0 saturated carbocycles. The minimum atomic E-state index is 0.920. The van der Waals surface area contributed by atoms with Crippen molar-refractivity contribution in [3.8, 4) is 5.69 Å². The van der Waals surface area contributed by atoms with Crippen LogP contribution >= 0.6 is 0 Å². The molecule has 0 bridgehead atoms. The van der Waals surface area contributed by atoms with Crippen LogP contribution < -0.4 is 5.46 Å². The summed E-state index contributed by atoms with van der Waals surface area (Å²) >= 11 is 0. The van der Waals surface area contributed by atoms with E-state index in [4.69, 9.17) is 4.42 Å². The van der Waals surface area contributed by atoms with Gasteiger partial charge in [0.1, 0.15) is 19.0 Å². The van der Waals surface area contributed by atoms with Crippen molar-refractivity contribution in [2.75, 3.05) is 0 Å². The van der Waals surface area contributed by atoms with Gasteiger partial charge in [-0.2, -0.15) is 0 Å². The Kier molecular flexibility index (Phi) is 3.65. The zero-order valence-corrected chi connectivity index (χ0v) is 19.2. The summed E-state index contributed by atoms with van der Waals surface area (Å²) in [6.45, 7) is 0. The van der Waals surface area contributed by atoms with Crippen LogP contribution in [0.4, 0.5) is 0 Å². The first kappa shape index (κ1) is 18.9. The lowest BCUT2D eigenvalue weighted by atomic mass is 9.91. The van der Waals surface area contributed by atoms with E-state index < -0.39 is 0 Å². The summed E-state index contributed by atoms with van der Waals surface area (Å²) < 4.78 is 8.72. The number of fused-ring (bicyclic) bond motifs is 10. The fourth-order valence-corrected chi connectivity index (χ4v) is 5.96. The van der Waals surface area contributed by atoms with Crippen molar-refractivity contribution in [1.29, 1.82) is 0 Å². The molecule has 0 amide bonds. The van der Waals surface area contributed by atoms with E-state index in [0.717, 1.165) is 16.9 Å². The third kappa shape index (κ3) is 2.50. The van der Waals surface area contributed by atoms with Gasteiger partial charge in [-0.1, -0.05) is 78.3 Å². The largest absolute Gasteiger partial charge is 0.456 e. The first-order chi connectivity index (χ1) is 17.3. The Morgan fingerprint density at radius 1 is 0.514 bits per heavy atom. The van der Waals surface area contributed by atoms with Crippen LogP contribution in [0.1, 0.15) is 0 Å². The topological polar surface area (TPSA) is 18.1 Å². The Bertz CT molecular complexity index is 2040. The van der Waals surface area contributed by atoms with Crippen molar-refractivity contribution in [3.05, 3.63) is 109 Å². The Morgan fingerprint density at radius 3 is 1.86 bits per heavy atom. The molecule has 0 N–H and O–H groups in total. The zero-order valence-electron chi connectivity index (χ0n) is 19.2. The molecule has 2 heterocycles. The fraction of sp³-hybridized carbons (Fsp3) is 0. The van der Waals surface area contributed by atoms with E-state index in [1.807, 2.05) is 0 Å². The standard InChI is InChI=1S/C32H20BNO/c33-25-10-5-11-28-30(25)24-15-14-21(18-29(24)35-28)34-26-16-12-19-6-1-3-8-22(19)31(26)32-23-9-4-2-7-20(23)13-17-27(32)34/h1-18H,33H2. The molecule has 2 aromatic heterocycles. The molecule has 0 spiro atoms. The highest BCUT2D eigenvalue weighted by Gasteiger charge is 2.18. The monoisotopic (exact) mass is 445 g/mol. The summed E-state index contributed by atoms with van der Waals surface area (Å²) in [6, 6.07) is 39.3. The molecular weight excluding hydrogens is 425 g/mol. The van der Waals surface area contributed by atoms with Crippen LogP contribution in [-0.2, 0) is 0 Å². The second kappa shape index (κ2) is 6.77. The summed E-state index contributed by atoms with van der Waals surface area (Å²) in [5, 5.41) is 10.1. The van der Waals surface area contributed by atoms with Gasteiger partial charge in [0.25, 0.3) is 0 Å². The molecule has 0 fully saturated rings. The smallest absolute Gasteiger partial charge is 0.140 e. The van der Waals surface area contributed by atoms with Crippen LogP contribution in [0.15, 0.2) is 114 Å². The van der Waals surface area contributed by atoms with E-state index in [9.17, 15) is 0 Å². The lowest BCUT2D eigenvalue weighted by molar-refractivity contribution is 0.669. The summed E-state index contributed by atoms with van der Waals surface area (Å²) in [6.07, 6.45) is 0. The van der Waals surface area contributed by atoms with Crippen LogP contribution in [0, 0.1) is 0 Å². The molecule has 0 aliphatic heterocycles. The van der Waals surface area contributed by atoms with E-state index in [0.29, 0.717) is 0 Å². The number of nitrogens with zero attached hydrogens (tertiary/aromatic N) is 1. The van der Waals surface area contributed by atoms with Crippen LogP contribution in [0.3, 0.4) is 0 Å². The molecule has 35 heavy (non-hydrogen) atoms. The van der Waals surface area contributed by atoms with Crippen LogP contribution in [0.2, 0.25) is 0 Å². The average molecular weight is 445 g/mol. The van der Waals surface area contributed by atoms with Gasteiger partial charge in [0.15, 0.2) is 0 Å². The van der Waals surface area contributed by atoms with Gasteiger partial charge < -0.3 is 8.98 Å². The predicted octanol–water partition coefficient (Wildman–Crippen LogP) is 7.25. The molecule has 0 atom stereocenters. The van der Waals surface area contributed by atoms with Crippen molar-refractivity contribution in [2.24, 2.45) is 0 Å². The van der Waals surface area contributed by atoms with Gasteiger partial charge in [0.2, 0.25) is 0 Å². The van der Waals surface area contributed by atoms with Crippen molar-refractivity contribution in [3.63, 3.8) is 0 Å². The average Bonchev–Trinajstić information content (AvgIpc) is 3.45. The van der Waals surface area contributed by atoms with Gasteiger partial charge in [-0.15, -0.1) is 0 Å². The lowest BCUT2D eigenvalue weighted by Gasteiger charge is -2.09. The molecule has 8 aromatic rings. The van der Waals surface area contributed by atoms with Crippen molar-refractivity contribution in [1.82, 2.24) is 4.57 Å². The summed E-state index contributed by atoms with van der Waals surface area (Å²) in [4.78, 5) is 0. The number of benzene rings is 6. The highest BCUT2D eigenvalue weighted by molar-refractivity contribution is 6.41. The summed E-state index contributed by atoms with van der Waals surface area (Å²) in [7, 11) is 2.15. The molecule has 0 aliphatic carbocycles. The molecule has 162 valence electrons. The molecule has 3 heteroatoms. The number of furan rings is 1. The molecule has 0 aliphatic rings. The molecular formula is C32H20BNO. The fourth-order valence-electron chi connectivity index (χ4n) is 5.96. The first-order valence-electron chi connectivity index (χ1n) is 12.0. The zero-order chi connectivity index (χ0) is 23.1. The van der Waals surface area contributed by atoms with E-state index in [2.05, 4.69) is 122 Å². The quantitative estimate of drug-likeness (QED) is 0.244. The lowest BCUT2D eigenvalue weighted by Crippen LogP contribution is -2.01. The van der Waals surface area contributed by atoms with Gasteiger partial charge in [0.05, 0.1) is 11.0 Å². The van der Waals surface area contributed by atoms with E-state index in [1.54, 1.807) is 0 Å². The van der Waals surface area contributed by atoms with E-state index >= 15 is 0 Å². The normalized spacial score (nSPS) is 12.1. The van der Waals surface area contributed by atoms with Crippen molar-refractivity contribution < 1.29 is 4.42 Å². The Hall–Kier alpha value is -4.50. The minimum Gasteiger partial charge on any atom is -0.456 e. The summed E-state index contributed by atoms with van der Waals surface area (Å²) in [5.74, 6) is 0. The second-order valence-electron chi connectivity index (χ2n) is 9.43. The van der Waals surface area contributed by atoms with Crippen LogP contribution in [0.25, 0.3) is 71.0 Å². The van der Waals surface area contributed by atoms with Gasteiger partial charge in [-0.05, 0) is 51.9 Å². The molecule has 0 radical (unpaired) electrons. The Morgan fingerprint density at radius 2 is 1.17 bits per heavy atom. The van der Waals surface area contributed by atoms with Gasteiger partial charge in [-0.25, -0.2) is 0 Å². The first-order valence-corrected chi connectivity index (χ1v) is 12.0. The van der Waals surface area contributed by atoms with E-state index in [1.165, 1.54) is 59.6 Å². The second-order valence-corrected chi connectivity index (χ2v) is 9.43. The third-order valence-corrected chi connectivity index (χ3v) is 7.49. The van der Waals surface area contributed by atoms with Crippen molar-refractivity contribution in [2.45, 2.75) is 0 Å². The highest BCUT2D eigenvalue weighted by atomic mass is 16.3. The number of hydrogen-bond donors (Lipinski definition) is 0. The third-order valence-electron chi connectivity index (χ3n) is 7.49. The van der Waals surface area contributed by atoms with Gasteiger partial charge in [0, 0.05) is 33.3 Å². The molecule has 0 unspecified atom stereocenters. The Balaban J connectivity index is 1.56. The van der Waals surface area contributed by atoms with Gasteiger partial charge in [-0.3, -0.25) is 0 Å². The molecule has 2 nitrogen and oxygen atoms in total. The maximum atomic E-state index is 6.32. The minimum absolute atomic E-state index is 0.920.